The lowest BCUT2D eigenvalue weighted by atomic mass is 9.91. The highest BCUT2D eigenvalue weighted by molar-refractivity contribution is 6.36. The molecule has 0 saturated heterocycles. The molecule has 1 saturated carbocycles. The second kappa shape index (κ2) is 5.96. The van der Waals surface area contributed by atoms with E-state index in [4.69, 9.17) is 28.9 Å². The van der Waals surface area contributed by atoms with E-state index in [1.54, 1.807) is 0 Å². The minimum absolute atomic E-state index is 0.402. The largest absolute Gasteiger partial charge is 0.328 e. The van der Waals surface area contributed by atoms with E-state index in [1.807, 2.05) is 0 Å². The van der Waals surface area contributed by atoms with E-state index in [1.165, 1.54) is 18.4 Å². The first-order valence-corrected chi connectivity index (χ1v) is 5.85. The second-order valence-electron chi connectivity index (χ2n) is 4.04. The van der Waals surface area contributed by atoms with Gasteiger partial charge in [-0.2, -0.15) is 0 Å². The Labute approximate surface area is 96.0 Å². The summed E-state index contributed by atoms with van der Waals surface area (Å²) in [4.78, 5) is 2.26. The topological polar surface area (TPSA) is 29.3 Å². The molecule has 2 N–H and O–H groups in total. The molecule has 0 radical (unpaired) electrons. The predicted molar refractivity (Wildman–Crippen MR) is 62.7 cm³/mol. The zero-order chi connectivity index (χ0) is 10.6. The second-order valence-corrected chi connectivity index (χ2v) is 4.74. The summed E-state index contributed by atoms with van der Waals surface area (Å²) in [7, 11) is 2.09. The van der Waals surface area contributed by atoms with E-state index in [-0.39, 0.29) is 0 Å². The molecule has 0 aromatic heterocycles. The molecular formula is C10H18Cl2N2. The van der Waals surface area contributed by atoms with Crippen LogP contribution in [0.4, 0.5) is 0 Å². The van der Waals surface area contributed by atoms with Crippen LogP contribution in [0.15, 0.2) is 10.6 Å². The van der Waals surface area contributed by atoms with E-state index in [0.29, 0.717) is 17.1 Å². The number of nitrogens with two attached hydrogens (primary N) is 1. The van der Waals surface area contributed by atoms with Gasteiger partial charge in [0.05, 0.1) is 0 Å². The van der Waals surface area contributed by atoms with Gasteiger partial charge in [-0.15, -0.1) is 0 Å². The Morgan fingerprint density at radius 1 is 1.43 bits per heavy atom. The molecule has 0 heterocycles. The lowest BCUT2D eigenvalue weighted by molar-refractivity contribution is 0.198. The summed E-state index contributed by atoms with van der Waals surface area (Å²) in [6.07, 6.45) is 4.59. The van der Waals surface area contributed by atoms with Crippen molar-refractivity contribution in [3.63, 3.8) is 0 Å². The highest BCUT2D eigenvalue weighted by Gasteiger charge is 2.21. The van der Waals surface area contributed by atoms with Gasteiger partial charge in [0, 0.05) is 29.2 Å². The molecule has 0 aromatic carbocycles. The summed E-state index contributed by atoms with van der Waals surface area (Å²) in [5.41, 5.74) is 7.28. The SMILES string of the molecule is CN(CC(Cl)=CCl)C1CCC(N)CC1. The number of hydrogen-bond donors (Lipinski definition) is 1. The number of likely N-dealkylation sites (N-methyl/N-ethyl adjacent to an activating group) is 1. The van der Waals surface area contributed by atoms with Crippen LogP contribution in [0.1, 0.15) is 25.7 Å². The Morgan fingerprint density at radius 2 is 2.00 bits per heavy atom. The first kappa shape index (κ1) is 12.3. The highest BCUT2D eigenvalue weighted by atomic mass is 35.5. The van der Waals surface area contributed by atoms with Crippen molar-refractivity contribution >= 4 is 23.2 Å². The van der Waals surface area contributed by atoms with E-state index in [0.717, 1.165) is 19.4 Å². The normalized spacial score (nSPS) is 29.6. The molecule has 82 valence electrons. The van der Waals surface area contributed by atoms with E-state index in [2.05, 4.69) is 11.9 Å². The summed E-state index contributed by atoms with van der Waals surface area (Å²) in [6, 6.07) is 1.01. The maximum Gasteiger partial charge on any atom is 0.0434 e. The molecular weight excluding hydrogens is 219 g/mol. The van der Waals surface area contributed by atoms with Gasteiger partial charge in [-0.25, -0.2) is 0 Å². The summed E-state index contributed by atoms with van der Waals surface area (Å²) < 4.78 is 0. The first-order valence-electron chi connectivity index (χ1n) is 5.04. The van der Waals surface area contributed by atoms with Crippen LogP contribution in [0.2, 0.25) is 0 Å². The monoisotopic (exact) mass is 236 g/mol. The third kappa shape index (κ3) is 3.77. The lowest BCUT2D eigenvalue weighted by Crippen LogP contribution is -2.39. The minimum Gasteiger partial charge on any atom is -0.328 e. The van der Waals surface area contributed by atoms with Gasteiger partial charge in [-0.1, -0.05) is 23.2 Å². The Morgan fingerprint density at radius 3 is 2.50 bits per heavy atom. The van der Waals surface area contributed by atoms with Gasteiger partial charge in [0.2, 0.25) is 0 Å². The molecule has 1 aliphatic rings. The van der Waals surface area contributed by atoms with Crippen molar-refractivity contribution in [1.82, 2.24) is 4.90 Å². The van der Waals surface area contributed by atoms with Gasteiger partial charge >= 0.3 is 0 Å². The van der Waals surface area contributed by atoms with Gasteiger partial charge in [-0.05, 0) is 32.7 Å². The molecule has 2 nitrogen and oxygen atoms in total. The Kier molecular flexibility index (Phi) is 5.24. The molecule has 0 aliphatic heterocycles. The smallest absolute Gasteiger partial charge is 0.0434 e. The van der Waals surface area contributed by atoms with Crippen molar-refractivity contribution < 1.29 is 0 Å². The summed E-state index contributed by atoms with van der Waals surface area (Å²) in [5.74, 6) is 0. The zero-order valence-electron chi connectivity index (χ0n) is 8.55. The van der Waals surface area contributed by atoms with Gasteiger partial charge in [0.15, 0.2) is 0 Å². The van der Waals surface area contributed by atoms with Crippen molar-refractivity contribution in [2.24, 2.45) is 5.73 Å². The van der Waals surface area contributed by atoms with Crippen molar-refractivity contribution in [1.29, 1.82) is 0 Å². The molecule has 1 fully saturated rings. The number of halogens is 2. The maximum atomic E-state index is 5.87. The van der Waals surface area contributed by atoms with Gasteiger partial charge in [0.25, 0.3) is 0 Å². The molecule has 0 amide bonds. The Bertz CT molecular complexity index is 198. The first-order chi connectivity index (χ1) is 6.63. The maximum absolute atomic E-state index is 5.87. The van der Waals surface area contributed by atoms with Crippen molar-refractivity contribution in [3.8, 4) is 0 Å². The molecule has 0 aromatic rings. The van der Waals surface area contributed by atoms with E-state index >= 15 is 0 Å². The fraction of sp³-hybridized carbons (Fsp3) is 0.800. The van der Waals surface area contributed by atoms with Crippen LogP contribution in [-0.4, -0.2) is 30.6 Å². The summed E-state index contributed by atoms with van der Waals surface area (Å²) in [5, 5.41) is 0.698. The third-order valence-electron chi connectivity index (χ3n) is 2.88. The lowest BCUT2D eigenvalue weighted by Gasteiger charge is -2.33. The molecule has 0 spiro atoms. The fourth-order valence-corrected chi connectivity index (χ4v) is 2.20. The molecule has 4 heteroatoms. The molecule has 0 bridgehead atoms. The molecule has 0 unspecified atom stereocenters. The van der Waals surface area contributed by atoms with Crippen LogP contribution in [-0.2, 0) is 0 Å². The standard InChI is InChI=1S/C10H18Cl2N2/c1-14(7-8(12)6-11)10-4-2-9(13)3-5-10/h6,9-10H,2-5,7,13H2,1H3. The summed E-state index contributed by atoms with van der Waals surface area (Å²) >= 11 is 11.4. The van der Waals surface area contributed by atoms with E-state index in [9.17, 15) is 0 Å². The predicted octanol–water partition coefficient (Wildman–Crippen LogP) is 2.51. The molecule has 14 heavy (non-hydrogen) atoms. The van der Waals surface area contributed by atoms with Crippen LogP contribution < -0.4 is 5.73 Å². The Hall–Kier alpha value is 0.240. The van der Waals surface area contributed by atoms with Crippen LogP contribution in [0.25, 0.3) is 0 Å². The van der Waals surface area contributed by atoms with Crippen LogP contribution in [0, 0.1) is 0 Å². The van der Waals surface area contributed by atoms with Gasteiger partial charge < -0.3 is 5.73 Å². The fourth-order valence-electron chi connectivity index (χ4n) is 1.94. The Balaban J connectivity index is 2.34. The minimum atomic E-state index is 0.402. The van der Waals surface area contributed by atoms with Gasteiger partial charge in [-0.3, -0.25) is 4.90 Å². The quantitative estimate of drug-likeness (QED) is 0.817. The van der Waals surface area contributed by atoms with Crippen molar-refractivity contribution in [2.45, 2.75) is 37.8 Å². The van der Waals surface area contributed by atoms with Crippen LogP contribution >= 0.6 is 23.2 Å². The van der Waals surface area contributed by atoms with Crippen molar-refractivity contribution in [3.05, 3.63) is 10.6 Å². The van der Waals surface area contributed by atoms with Crippen molar-refractivity contribution in [2.75, 3.05) is 13.6 Å². The molecule has 1 rings (SSSR count). The molecule has 1 aliphatic carbocycles. The zero-order valence-corrected chi connectivity index (χ0v) is 10.1. The average Bonchev–Trinajstić information content (AvgIpc) is 2.18. The van der Waals surface area contributed by atoms with E-state index < -0.39 is 0 Å². The molecule has 0 atom stereocenters. The number of hydrogen-bond acceptors (Lipinski definition) is 2. The van der Waals surface area contributed by atoms with Crippen LogP contribution in [0.3, 0.4) is 0 Å². The van der Waals surface area contributed by atoms with Gasteiger partial charge in [0.1, 0.15) is 0 Å². The summed E-state index contributed by atoms with van der Waals surface area (Å²) in [6.45, 7) is 0.741. The number of nitrogens with zero attached hydrogens (tertiary/aromatic N) is 1. The number of rotatable bonds is 3. The highest BCUT2D eigenvalue weighted by Crippen LogP contribution is 2.22. The average molecular weight is 237 g/mol. The van der Waals surface area contributed by atoms with Crippen LogP contribution in [0.5, 0.6) is 0 Å². The third-order valence-corrected chi connectivity index (χ3v) is 3.49.